The number of Topliss-reactive ketones (excluding diaryl/α,β-unsaturated/α-hetero) is 1. The number of H-pyrrole nitrogens is 1. The number of carbonyl (C=O) groups excluding carboxylic acids is 2. The molecular formula is C30H29N3O4. The lowest BCUT2D eigenvalue weighted by molar-refractivity contribution is -0.140. The van der Waals surface area contributed by atoms with Gasteiger partial charge >= 0.3 is 0 Å². The highest BCUT2D eigenvalue weighted by molar-refractivity contribution is 6.46. The maximum Gasteiger partial charge on any atom is 0.296 e. The van der Waals surface area contributed by atoms with Crippen LogP contribution in [0.2, 0.25) is 0 Å². The molecule has 0 bridgehead atoms. The van der Waals surface area contributed by atoms with Gasteiger partial charge in [-0.15, -0.1) is 0 Å². The number of aliphatic hydroxyl groups excluding tert-OH is 1. The topological polar surface area (TPSA) is 95.5 Å². The molecule has 0 aliphatic carbocycles. The van der Waals surface area contributed by atoms with Gasteiger partial charge in [-0.05, 0) is 48.9 Å². The highest BCUT2D eigenvalue weighted by Crippen LogP contribution is 2.42. The number of ketones is 1. The highest BCUT2D eigenvalue weighted by Gasteiger charge is 2.47. The van der Waals surface area contributed by atoms with Crippen LogP contribution in [0, 0.1) is 0 Å². The van der Waals surface area contributed by atoms with Gasteiger partial charge in [0.05, 0.1) is 30.5 Å². The Kier molecular flexibility index (Phi) is 7.03. The summed E-state index contributed by atoms with van der Waals surface area (Å²) < 4.78 is 5.78. The summed E-state index contributed by atoms with van der Waals surface area (Å²) in [4.78, 5) is 35.7. The molecule has 1 unspecified atom stereocenters. The van der Waals surface area contributed by atoms with E-state index in [0.29, 0.717) is 23.6 Å². The van der Waals surface area contributed by atoms with Crippen molar-refractivity contribution in [3.8, 4) is 5.75 Å². The van der Waals surface area contributed by atoms with E-state index in [1.165, 1.54) is 4.90 Å². The average molecular weight is 496 g/mol. The van der Waals surface area contributed by atoms with Crippen LogP contribution in [0.15, 0.2) is 84.7 Å². The normalized spacial score (nSPS) is 17.0. The first kappa shape index (κ1) is 24.3. The molecule has 1 fully saturated rings. The molecule has 0 radical (unpaired) electrons. The Bertz CT molecular complexity index is 1440. The summed E-state index contributed by atoms with van der Waals surface area (Å²) in [6, 6.07) is 19.3. The number of nitrogens with zero attached hydrogens (tertiary/aromatic N) is 2. The number of pyridine rings is 1. The van der Waals surface area contributed by atoms with Crippen LogP contribution in [-0.4, -0.2) is 38.3 Å². The summed E-state index contributed by atoms with van der Waals surface area (Å²) in [7, 11) is 0. The third-order valence-electron chi connectivity index (χ3n) is 6.66. The SMILES string of the molecule is CCCCCOc1ccc(/C(O)=C2\C(=O)C(=O)N(Cc3ccccn3)C2c2c[nH]c3ccccc23)cc1. The summed E-state index contributed by atoms with van der Waals surface area (Å²) in [5.41, 5.74) is 2.77. The minimum atomic E-state index is -0.775. The van der Waals surface area contributed by atoms with E-state index >= 15 is 0 Å². The first-order valence-corrected chi connectivity index (χ1v) is 12.6. The van der Waals surface area contributed by atoms with Gasteiger partial charge in [0.2, 0.25) is 0 Å². The van der Waals surface area contributed by atoms with Gasteiger partial charge in [-0.25, -0.2) is 0 Å². The van der Waals surface area contributed by atoms with Crippen LogP contribution in [-0.2, 0) is 16.1 Å². The third kappa shape index (κ3) is 4.85. The second-order valence-electron chi connectivity index (χ2n) is 9.12. The van der Waals surface area contributed by atoms with Crippen LogP contribution in [0.5, 0.6) is 5.75 Å². The number of aliphatic hydroxyl groups is 1. The highest BCUT2D eigenvalue weighted by atomic mass is 16.5. The predicted molar refractivity (Wildman–Crippen MR) is 142 cm³/mol. The fourth-order valence-corrected chi connectivity index (χ4v) is 4.76. The van der Waals surface area contributed by atoms with E-state index in [-0.39, 0.29) is 17.9 Å². The lowest BCUT2D eigenvalue weighted by Gasteiger charge is -2.24. The van der Waals surface area contributed by atoms with Crippen molar-refractivity contribution >= 4 is 28.4 Å². The maximum atomic E-state index is 13.4. The first-order valence-electron chi connectivity index (χ1n) is 12.6. The number of ether oxygens (including phenoxy) is 1. The number of rotatable bonds is 9. The van der Waals surface area contributed by atoms with Gasteiger partial charge in [0.25, 0.3) is 11.7 Å². The number of hydrogen-bond acceptors (Lipinski definition) is 5. The fourth-order valence-electron chi connectivity index (χ4n) is 4.76. The van der Waals surface area contributed by atoms with Crippen LogP contribution < -0.4 is 4.74 Å². The molecule has 188 valence electrons. The van der Waals surface area contributed by atoms with E-state index in [1.807, 2.05) is 36.4 Å². The third-order valence-corrected chi connectivity index (χ3v) is 6.66. The van der Waals surface area contributed by atoms with Crippen molar-refractivity contribution in [3.05, 3.63) is 102 Å². The number of aromatic nitrogens is 2. The van der Waals surface area contributed by atoms with Gasteiger partial charge in [-0.1, -0.05) is 44.0 Å². The number of para-hydroxylation sites is 1. The Morgan fingerprint density at radius 3 is 2.57 bits per heavy atom. The second kappa shape index (κ2) is 10.7. The monoisotopic (exact) mass is 495 g/mol. The minimum absolute atomic E-state index is 0.0577. The van der Waals surface area contributed by atoms with Gasteiger partial charge < -0.3 is 19.7 Å². The van der Waals surface area contributed by atoms with Crippen molar-refractivity contribution < 1.29 is 19.4 Å². The van der Waals surface area contributed by atoms with Crippen LogP contribution in [0.1, 0.15) is 49.0 Å². The number of aromatic amines is 1. The van der Waals surface area contributed by atoms with Crippen LogP contribution in [0.3, 0.4) is 0 Å². The molecule has 7 heteroatoms. The lowest BCUT2D eigenvalue weighted by atomic mass is 9.95. The first-order chi connectivity index (χ1) is 18.1. The Balaban J connectivity index is 1.55. The van der Waals surface area contributed by atoms with Crippen molar-refractivity contribution in [1.82, 2.24) is 14.9 Å². The van der Waals surface area contributed by atoms with E-state index in [4.69, 9.17) is 4.74 Å². The zero-order chi connectivity index (χ0) is 25.8. The fraction of sp³-hybridized carbons (Fsp3) is 0.233. The number of benzene rings is 2. The van der Waals surface area contributed by atoms with Crippen molar-refractivity contribution in [2.75, 3.05) is 6.61 Å². The Hall–Kier alpha value is -4.39. The van der Waals surface area contributed by atoms with E-state index in [2.05, 4.69) is 16.9 Å². The molecule has 3 heterocycles. The lowest BCUT2D eigenvalue weighted by Crippen LogP contribution is -2.29. The van der Waals surface area contributed by atoms with E-state index < -0.39 is 17.7 Å². The van der Waals surface area contributed by atoms with Crippen molar-refractivity contribution in [2.45, 2.75) is 38.8 Å². The average Bonchev–Trinajstić information content (AvgIpc) is 3.46. The Morgan fingerprint density at radius 1 is 1.03 bits per heavy atom. The van der Waals surface area contributed by atoms with Crippen LogP contribution >= 0.6 is 0 Å². The zero-order valence-electron chi connectivity index (χ0n) is 20.7. The number of unbranched alkanes of at least 4 members (excludes halogenated alkanes) is 2. The molecule has 1 atom stereocenters. The molecule has 4 aromatic rings. The van der Waals surface area contributed by atoms with Crippen molar-refractivity contribution in [2.24, 2.45) is 0 Å². The maximum absolute atomic E-state index is 13.4. The molecular weight excluding hydrogens is 466 g/mol. The number of nitrogens with one attached hydrogen (secondary N) is 1. The van der Waals surface area contributed by atoms with Crippen LogP contribution in [0.4, 0.5) is 0 Å². The van der Waals surface area contributed by atoms with Crippen LogP contribution in [0.25, 0.3) is 16.7 Å². The molecule has 0 saturated carbocycles. The van der Waals surface area contributed by atoms with E-state index in [0.717, 1.165) is 35.7 Å². The second-order valence-corrected chi connectivity index (χ2v) is 9.12. The Labute approximate surface area is 215 Å². The van der Waals surface area contributed by atoms with Gasteiger partial charge in [0.1, 0.15) is 11.5 Å². The minimum Gasteiger partial charge on any atom is -0.507 e. The number of amides is 1. The molecule has 37 heavy (non-hydrogen) atoms. The number of likely N-dealkylation sites (tertiary alicyclic amines) is 1. The molecule has 1 aliphatic rings. The molecule has 1 aliphatic heterocycles. The van der Waals surface area contributed by atoms with E-state index in [1.54, 1.807) is 42.7 Å². The standard InChI is InChI=1S/C30H29N3O4/c1-2-3-8-17-37-22-14-12-20(13-15-22)28(34)26-27(24-18-32-25-11-5-4-10-23(24)25)33(30(36)29(26)35)19-21-9-6-7-16-31-21/h4-7,9-16,18,27,32,34H,2-3,8,17,19H2,1H3/b28-26+. The summed E-state index contributed by atoms with van der Waals surface area (Å²) >= 11 is 0. The molecule has 5 rings (SSSR count). The molecule has 2 aromatic carbocycles. The molecule has 7 nitrogen and oxygen atoms in total. The van der Waals surface area contributed by atoms with Gasteiger partial charge in [0, 0.05) is 34.4 Å². The van der Waals surface area contributed by atoms with Gasteiger partial charge in [-0.3, -0.25) is 14.6 Å². The molecule has 2 aromatic heterocycles. The number of carbonyl (C=O) groups is 2. The molecule has 1 amide bonds. The molecule has 2 N–H and O–H groups in total. The smallest absolute Gasteiger partial charge is 0.296 e. The number of hydrogen-bond donors (Lipinski definition) is 2. The summed E-state index contributed by atoms with van der Waals surface area (Å²) in [6.45, 7) is 2.90. The zero-order valence-corrected chi connectivity index (χ0v) is 20.7. The van der Waals surface area contributed by atoms with E-state index in [9.17, 15) is 14.7 Å². The summed E-state index contributed by atoms with van der Waals surface area (Å²) in [6.07, 6.45) is 6.64. The predicted octanol–water partition coefficient (Wildman–Crippen LogP) is 5.75. The van der Waals surface area contributed by atoms with Crippen molar-refractivity contribution in [3.63, 3.8) is 0 Å². The molecule has 1 saturated heterocycles. The quantitative estimate of drug-likeness (QED) is 0.133. The summed E-state index contributed by atoms with van der Waals surface area (Å²) in [5, 5.41) is 12.3. The Morgan fingerprint density at radius 2 is 1.81 bits per heavy atom. The van der Waals surface area contributed by atoms with Crippen molar-refractivity contribution in [1.29, 1.82) is 0 Å². The summed E-state index contributed by atoms with van der Waals surface area (Å²) in [5.74, 6) is -0.909. The van der Waals surface area contributed by atoms with Gasteiger partial charge in [-0.2, -0.15) is 0 Å². The number of fused-ring (bicyclic) bond motifs is 1. The molecule has 0 spiro atoms. The largest absolute Gasteiger partial charge is 0.507 e. The van der Waals surface area contributed by atoms with Gasteiger partial charge in [0.15, 0.2) is 0 Å².